The third-order valence-corrected chi connectivity index (χ3v) is 23.2. The fourth-order valence-electron chi connectivity index (χ4n) is 14.9. The van der Waals surface area contributed by atoms with Gasteiger partial charge in [0.05, 0.1) is 13.2 Å². The van der Waals surface area contributed by atoms with Crippen LogP contribution >= 0.6 is 7.82 Å². The minimum atomic E-state index is -5.81. The number of rotatable bonds is 73. The van der Waals surface area contributed by atoms with E-state index in [1.807, 2.05) is 0 Å². The highest BCUT2D eigenvalue weighted by Crippen LogP contribution is 2.49. The topological polar surface area (TPSA) is 380 Å². The fourth-order valence-corrected chi connectivity index (χ4v) is 15.9. The second-order valence-corrected chi connectivity index (χ2v) is 33.9. The van der Waals surface area contributed by atoms with Crippen LogP contribution in [0.15, 0.2) is 24.3 Å². The first-order chi connectivity index (χ1) is 55.2. The summed E-state index contributed by atoms with van der Waals surface area (Å²) in [6.45, 7) is 5.54. The molecule has 0 aromatic heterocycles. The summed E-state index contributed by atoms with van der Waals surface area (Å²) in [5, 5.41) is 102. The van der Waals surface area contributed by atoms with Gasteiger partial charge in [0.25, 0.3) is 0 Å². The number of carbonyl (C=O) groups is 4. The van der Waals surface area contributed by atoms with Gasteiger partial charge in [-0.25, -0.2) is 4.57 Å². The molecule has 0 amide bonds. The summed E-state index contributed by atoms with van der Waals surface area (Å²) in [5.74, 6) is -3.00. The Bertz CT molecular complexity index is 2480. The Morgan fingerprint density at radius 2 is 0.658 bits per heavy atom. The van der Waals surface area contributed by atoms with Crippen LogP contribution in [0.3, 0.4) is 0 Å². The molecule has 10 N–H and O–H groups in total. The van der Waals surface area contributed by atoms with Crippen molar-refractivity contribution in [1.29, 1.82) is 0 Å². The summed E-state index contributed by atoms with van der Waals surface area (Å²) in [5.41, 5.74) is 0. The van der Waals surface area contributed by atoms with Crippen LogP contribution in [0, 0.1) is 0 Å². The lowest BCUT2D eigenvalue weighted by atomic mass is 9.84. The Morgan fingerprint density at radius 1 is 0.342 bits per heavy atom. The van der Waals surface area contributed by atoms with Gasteiger partial charge in [-0.15, -0.1) is 0 Å². The molecule has 2 saturated heterocycles. The van der Waals surface area contributed by atoms with E-state index in [0.29, 0.717) is 38.5 Å². The van der Waals surface area contributed by atoms with Gasteiger partial charge in [0, 0.05) is 25.7 Å². The van der Waals surface area contributed by atoms with Crippen molar-refractivity contribution in [2.75, 3.05) is 26.4 Å². The Kier molecular flexibility index (Phi) is 62.3. The summed E-state index contributed by atoms with van der Waals surface area (Å²) in [6.07, 6.45) is 26.3. The zero-order valence-electron chi connectivity index (χ0n) is 70.9. The van der Waals surface area contributed by atoms with Gasteiger partial charge in [-0.2, -0.15) is 0 Å². The zero-order valence-corrected chi connectivity index (χ0v) is 71.8. The van der Waals surface area contributed by atoms with Crippen molar-refractivity contribution >= 4 is 31.7 Å². The number of allylic oxidation sites excluding steroid dienone is 4. The van der Waals surface area contributed by atoms with Crippen molar-refractivity contribution in [3.8, 4) is 0 Å². The standard InChI is InChI=1S/C88H161O25P/c1-5-9-13-17-21-25-29-33-34-35-39-41-44-48-52-56-60-71(90)104-65-68(107-73(92)62-58-54-50-46-42-37-31-27-23-19-15-11-7-3)66-106-114(102,103)113-86-84(111-87-81(100)77(96)75(94)69(64-89)108-87)80(99)79(98)83(110-74(93)63-59-55-51-47-43-38-32-28-24-20-16-12-8-4)85(86)112-88-82(101)78(97)76(95)70(109-88)67-105-72(91)61-57-53-49-45-40-36-30-26-22-18-14-10-6-2/h37-38,42-43,68-70,75-89,94-101H,5-36,39-41,44-67H2,1-4H3,(H,102,103)/b42-37-,43-38-. The minimum Gasteiger partial charge on any atom is -0.463 e. The molecule has 3 fully saturated rings. The second-order valence-electron chi connectivity index (χ2n) is 32.5. The van der Waals surface area contributed by atoms with E-state index in [4.69, 9.17) is 46.9 Å². The Morgan fingerprint density at radius 3 is 1.05 bits per heavy atom. The Labute approximate surface area is 685 Å². The SMILES string of the molecule is CCCCCCCC/C=C\CCCCCC(=O)OC(COC(=O)CCCCCCCCCCCCCCCCCC)COP(=O)(O)OC1C(OC2OC(CO)C(O)C(O)C2O)C(O)C(O)C(OC(=O)CCCCC/C=C\CCCCCCCC)C1OC1OC(COC(=O)CCCCCCCCCCCCCCC)C(O)C(O)C1O. The van der Waals surface area contributed by atoms with Crippen LogP contribution in [0.4, 0.5) is 0 Å². The number of carbonyl (C=O) groups excluding carboxylic acids is 4. The maximum Gasteiger partial charge on any atom is 0.472 e. The number of phosphoric ester groups is 1. The van der Waals surface area contributed by atoms with Crippen molar-refractivity contribution in [1.82, 2.24) is 0 Å². The number of hydrogen-bond donors (Lipinski definition) is 10. The van der Waals surface area contributed by atoms with Gasteiger partial charge >= 0.3 is 31.7 Å². The number of ether oxygens (including phenoxy) is 8. The molecule has 1 aliphatic carbocycles. The first-order valence-electron chi connectivity index (χ1n) is 45.6. The highest BCUT2D eigenvalue weighted by Gasteiger charge is 2.60. The number of aliphatic hydroxyl groups is 9. The highest BCUT2D eigenvalue weighted by molar-refractivity contribution is 7.47. The number of phosphoric acid groups is 1. The monoisotopic (exact) mass is 1650 g/mol. The molecular weight excluding hydrogens is 1490 g/mol. The summed E-state index contributed by atoms with van der Waals surface area (Å²) >= 11 is 0. The van der Waals surface area contributed by atoms with E-state index in [-0.39, 0.29) is 32.1 Å². The van der Waals surface area contributed by atoms with E-state index < -0.39 is 162 Å². The number of hydrogen-bond acceptors (Lipinski definition) is 24. The van der Waals surface area contributed by atoms with Crippen molar-refractivity contribution in [3.63, 3.8) is 0 Å². The van der Waals surface area contributed by atoms with Crippen LogP contribution in [0.1, 0.15) is 381 Å². The van der Waals surface area contributed by atoms with Crippen molar-refractivity contribution in [3.05, 3.63) is 24.3 Å². The molecule has 3 aliphatic rings. The predicted molar refractivity (Wildman–Crippen MR) is 439 cm³/mol. The van der Waals surface area contributed by atoms with E-state index >= 15 is 0 Å². The largest absolute Gasteiger partial charge is 0.472 e. The molecule has 25 nitrogen and oxygen atoms in total. The van der Waals surface area contributed by atoms with Gasteiger partial charge in [0.15, 0.2) is 24.8 Å². The fraction of sp³-hybridized carbons (Fsp3) is 0.909. The maximum atomic E-state index is 14.9. The average molecular weight is 1650 g/mol. The molecule has 668 valence electrons. The summed E-state index contributed by atoms with van der Waals surface area (Å²) in [6, 6.07) is 0. The van der Waals surface area contributed by atoms with Crippen molar-refractivity contribution < 1.29 is 122 Å². The molecular formula is C88H161O25P. The molecule has 0 bridgehead atoms. The van der Waals surface area contributed by atoms with Crippen molar-refractivity contribution in [2.24, 2.45) is 0 Å². The predicted octanol–water partition coefficient (Wildman–Crippen LogP) is 16.2. The first kappa shape index (κ1) is 105. The lowest BCUT2D eigenvalue weighted by Crippen LogP contribution is -2.70. The molecule has 114 heavy (non-hydrogen) atoms. The van der Waals surface area contributed by atoms with Gasteiger partial charge in [-0.1, -0.05) is 302 Å². The van der Waals surface area contributed by atoms with E-state index in [1.165, 1.54) is 167 Å². The smallest absolute Gasteiger partial charge is 0.463 e. The van der Waals surface area contributed by atoms with Crippen LogP contribution in [0.25, 0.3) is 0 Å². The molecule has 0 radical (unpaired) electrons. The van der Waals surface area contributed by atoms with Crippen LogP contribution in [0.5, 0.6) is 0 Å². The quantitative estimate of drug-likeness (QED) is 0.00889. The molecule has 1 saturated carbocycles. The lowest BCUT2D eigenvalue weighted by molar-refractivity contribution is -0.360. The molecule has 0 aromatic carbocycles. The highest BCUT2D eigenvalue weighted by atomic mass is 31.2. The second kappa shape index (κ2) is 67.6. The molecule has 18 atom stereocenters. The molecule has 2 heterocycles. The van der Waals surface area contributed by atoms with Gasteiger partial charge < -0.3 is 88.7 Å². The molecule has 0 spiro atoms. The molecule has 0 aromatic rings. The Hall–Kier alpha value is -3.05. The van der Waals surface area contributed by atoms with E-state index in [2.05, 4.69) is 52.0 Å². The molecule has 26 heteroatoms. The van der Waals surface area contributed by atoms with Crippen LogP contribution < -0.4 is 0 Å². The van der Waals surface area contributed by atoms with Crippen LogP contribution in [-0.4, -0.2) is 205 Å². The third-order valence-electron chi connectivity index (χ3n) is 22.2. The van der Waals surface area contributed by atoms with Crippen LogP contribution in [-0.2, 0) is 70.7 Å². The lowest BCUT2D eigenvalue weighted by Gasteiger charge is -2.50. The normalized spacial score (nSPS) is 25.5. The van der Waals surface area contributed by atoms with Crippen molar-refractivity contribution in [2.45, 2.75) is 485 Å². The summed E-state index contributed by atoms with van der Waals surface area (Å²) in [7, 11) is -5.81. The van der Waals surface area contributed by atoms with E-state index in [9.17, 15) is 74.6 Å². The van der Waals surface area contributed by atoms with Gasteiger partial charge in [-0.3, -0.25) is 28.2 Å². The van der Waals surface area contributed by atoms with E-state index in [1.54, 1.807) is 0 Å². The molecule has 18 unspecified atom stereocenters. The Balaban J connectivity index is 1.93. The molecule has 2 aliphatic heterocycles. The minimum absolute atomic E-state index is 0.0150. The van der Waals surface area contributed by atoms with Gasteiger partial charge in [0.1, 0.15) is 92.6 Å². The average Bonchev–Trinajstić information content (AvgIpc) is 0.754. The van der Waals surface area contributed by atoms with Crippen LogP contribution in [0.2, 0.25) is 0 Å². The maximum absolute atomic E-state index is 14.9. The summed E-state index contributed by atoms with van der Waals surface area (Å²) in [4.78, 5) is 66.3. The van der Waals surface area contributed by atoms with Gasteiger partial charge in [0.2, 0.25) is 0 Å². The van der Waals surface area contributed by atoms with Gasteiger partial charge in [-0.05, 0) is 77.0 Å². The number of aliphatic hydroxyl groups excluding tert-OH is 9. The third kappa shape index (κ3) is 47.8. The number of unbranched alkanes of at least 4 members (excludes halogenated alkanes) is 45. The number of esters is 4. The first-order valence-corrected chi connectivity index (χ1v) is 47.1. The molecule has 3 rings (SSSR count). The van der Waals surface area contributed by atoms with E-state index in [0.717, 1.165) is 116 Å². The summed E-state index contributed by atoms with van der Waals surface area (Å²) < 4.78 is 73.2. The zero-order chi connectivity index (χ0) is 83.2.